The molecule has 1 atom stereocenters. The predicted octanol–water partition coefficient (Wildman–Crippen LogP) is 4.17. The minimum atomic E-state index is -0.815. The zero-order chi connectivity index (χ0) is 23.0. The van der Waals surface area contributed by atoms with Crippen LogP contribution < -0.4 is 0 Å². The number of nitro benzene ring substituents is 1. The molecule has 0 fully saturated rings. The van der Waals surface area contributed by atoms with Crippen LogP contribution in [0, 0.1) is 10.1 Å². The van der Waals surface area contributed by atoms with Crippen LogP contribution in [-0.4, -0.2) is 57.7 Å². The highest BCUT2D eigenvalue weighted by atomic mass is 16.6. The van der Waals surface area contributed by atoms with Gasteiger partial charge < -0.3 is 14.9 Å². The third-order valence-electron chi connectivity index (χ3n) is 5.61. The summed E-state index contributed by atoms with van der Waals surface area (Å²) < 4.78 is 0. The second-order valence-electron chi connectivity index (χ2n) is 7.97. The van der Waals surface area contributed by atoms with Crippen molar-refractivity contribution in [2.24, 2.45) is 0 Å². The van der Waals surface area contributed by atoms with Crippen LogP contribution in [0.25, 0.3) is 0 Å². The first-order valence-electron chi connectivity index (χ1n) is 11.0. The summed E-state index contributed by atoms with van der Waals surface area (Å²) in [4.78, 5) is 39.5. The molecule has 0 spiro atoms. The topological polar surface area (TPSA) is 104 Å². The SMILES string of the molecule is CCCCN(CCCC)CCCN1C(=O)C(O)=C(C(C)=O)[C@@H]1c1cccc([N+](=O)[O-])c1. The van der Waals surface area contributed by atoms with Crippen molar-refractivity contribution in [1.82, 2.24) is 9.80 Å². The number of carbonyl (C=O) groups excluding carboxylic acids is 2. The summed E-state index contributed by atoms with van der Waals surface area (Å²) in [7, 11) is 0. The fourth-order valence-electron chi connectivity index (χ4n) is 3.96. The summed E-state index contributed by atoms with van der Waals surface area (Å²) in [6.07, 6.45) is 5.13. The van der Waals surface area contributed by atoms with Crippen molar-refractivity contribution in [2.75, 3.05) is 26.2 Å². The van der Waals surface area contributed by atoms with Crippen molar-refractivity contribution >= 4 is 17.4 Å². The number of ketones is 1. The van der Waals surface area contributed by atoms with Crippen molar-refractivity contribution < 1.29 is 19.6 Å². The van der Waals surface area contributed by atoms with Gasteiger partial charge in [0.2, 0.25) is 0 Å². The minimum Gasteiger partial charge on any atom is -0.503 e. The lowest BCUT2D eigenvalue weighted by Crippen LogP contribution is -2.35. The second kappa shape index (κ2) is 11.6. The third kappa shape index (κ3) is 6.13. The average molecular weight is 432 g/mol. The molecule has 31 heavy (non-hydrogen) atoms. The van der Waals surface area contributed by atoms with Crippen LogP contribution in [0.15, 0.2) is 35.6 Å². The van der Waals surface area contributed by atoms with E-state index in [9.17, 15) is 24.8 Å². The summed E-state index contributed by atoms with van der Waals surface area (Å²) in [6, 6.07) is 5.08. The van der Waals surface area contributed by atoms with Crippen LogP contribution in [0.5, 0.6) is 0 Å². The molecule has 2 rings (SSSR count). The molecule has 8 nitrogen and oxygen atoms in total. The van der Waals surface area contributed by atoms with Crippen molar-refractivity contribution in [1.29, 1.82) is 0 Å². The lowest BCUT2D eigenvalue weighted by Gasteiger charge is -2.28. The highest BCUT2D eigenvalue weighted by Crippen LogP contribution is 2.38. The molecule has 1 N–H and O–H groups in total. The van der Waals surface area contributed by atoms with Gasteiger partial charge in [0.25, 0.3) is 11.6 Å². The predicted molar refractivity (Wildman–Crippen MR) is 119 cm³/mol. The Balaban J connectivity index is 2.22. The van der Waals surface area contributed by atoms with E-state index in [1.165, 1.54) is 30.0 Å². The number of Topliss-reactive ketones (excluding diaryl/α,β-unsaturated/α-hetero) is 1. The maximum absolute atomic E-state index is 12.8. The molecule has 0 saturated carbocycles. The molecule has 1 aromatic rings. The highest BCUT2D eigenvalue weighted by Gasteiger charge is 2.42. The van der Waals surface area contributed by atoms with Crippen LogP contribution in [0.2, 0.25) is 0 Å². The van der Waals surface area contributed by atoms with Gasteiger partial charge in [-0.15, -0.1) is 0 Å². The molecule has 8 heteroatoms. The number of benzene rings is 1. The molecule has 1 aliphatic heterocycles. The molecule has 0 radical (unpaired) electrons. The van der Waals surface area contributed by atoms with Gasteiger partial charge in [0.05, 0.1) is 16.5 Å². The van der Waals surface area contributed by atoms with Crippen LogP contribution >= 0.6 is 0 Å². The first kappa shape index (κ1) is 24.5. The van der Waals surface area contributed by atoms with Crippen molar-refractivity contribution in [2.45, 2.75) is 58.9 Å². The van der Waals surface area contributed by atoms with E-state index < -0.39 is 28.4 Å². The van der Waals surface area contributed by atoms with Gasteiger partial charge in [0.15, 0.2) is 11.5 Å². The maximum Gasteiger partial charge on any atom is 0.290 e. The Hall–Kier alpha value is -2.74. The number of hydrogen-bond donors (Lipinski definition) is 1. The summed E-state index contributed by atoms with van der Waals surface area (Å²) in [5.74, 6) is -1.58. The number of unbranched alkanes of at least 4 members (excludes halogenated alkanes) is 2. The zero-order valence-corrected chi connectivity index (χ0v) is 18.7. The molecular weight excluding hydrogens is 398 g/mol. The number of hydrogen-bond acceptors (Lipinski definition) is 6. The fraction of sp³-hybridized carbons (Fsp3) is 0.565. The quantitative estimate of drug-likeness (QED) is 0.371. The van der Waals surface area contributed by atoms with Gasteiger partial charge >= 0.3 is 0 Å². The van der Waals surface area contributed by atoms with Gasteiger partial charge in [-0.25, -0.2) is 0 Å². The summed E-state index contributed by atoms with van der Waals surface area (Å²) in [5, 5.41) is 21.6. The van der Waals surface area contributed by atoms with Crippen molar-refractivity contribution in [3.8, 4) is 0 Å². The van der Waals surface area contributed by atoms with Gasteiger partial charge in [-0.3, -0.25) is 19.7 Å². The molecule has 1 aliphatic rings. The number of aliphatic hydroxyl groups excluding tert-OH is 1. The number of nitrogens with zero attached hydrogens (tertiary/aromatic N) is 3. The molecule has 0 aromatic heterocycles. The Kier molecular flexibility index (Phi) is 9.18. The number of nitro groups is 1. The molecule has 0 saturated heterocycles. The Morgan fingerprint density at radius 1 is 1.16 bits per heavy atom. The van der Waals surface area contributed by atoms with Gasteiger partial charge in [-0.1, -0.05) is 38.8 Å². The van der Waals surface area contributed by atoms with E-state index in [1.54, 1.807) is 6.07 Å². The molecule has 1 heterocycles. The number of carbonyl (C=O) groups is 2. The Labute approximate surface area is 183 Å². The van der Waals surface area contributed by atoms with Crippen LogP contribution in [-0.2, 0) is 9.59 Å². The fourth-order valence-corrected chi connectivity index (χ4v) is 3.96. The molecule has 1 aromatic carbocycles. The summed E-state index contributed by atoms with van der Waals surface area (Å²) in [6.45, 7) is 8.76. The third-order valence-corrected chi connectivity index (χ3v) is 5.61. The van der Waals surface area contributed by atoms with E-state index in [0.29, 0.717) is 18.5 Å². The standard InChI is InChI=1S/C23H33N3O5/c1-4-6-12-24(13-7-5-2)14-9-15-25-21(20(17(3)27)22(28)23(25)29)18-10-8-11-19(16-18)26(30)31/h8,10-11,16,21,28H,4-7,9,12-15H2,1-3H3/t21-/m0/s1. The lowest BCUT2D eigenvalue weighted by molar-refractivity contribution is -0.384. The zero-order valence-electron chi connectivity index (χ0n) is 18.7. The van der Waals surface area contributed by atoms with Gasteiger partial charge in [0, 0.05) is 18.7 Å². The number of non-ortho nitro benzene ring substituents is 1. The van der Waals surface area contributed by atoms with E-state index in [0.717, 1.165) is 45.3 Å². The second-order valence-corrected chi connectivity index (χ2v) is 7.97. The lowest BCUT2D eigenvalue weighted by atomic mass is 9.96. The maximum atomic E-state index is 12.8. The average Bonchev–Trinajstić information content (AvgIpc) is 3.00. The van der Waals surface area contributed by atoms with Crippen molar-refractivity contribution in [3.63, 3.8) is 0 Å². The van der Waals surface area contributed by atoms with Gasteiger partial charge in [0.1, 0.15) is 0 Å². The van der Waals surface area contributed by atoms with Crippen LogP contribution in [0.3, 0.4) is 0 Å². The van der Waals surface area contributed by atoms with Gasteiger partial charge in [-0.05, 0) is 51.4 Å². The van der Waals surface area contributed by atoms with E-state index in [2.05, 4.69) is 18.7 Å². The molecule has 1 amide bonds. The van der Waals surface area contributed by atoms with Crippen molar-refractivity contribution in [3.05, 3.63) is 51.3 Å². The van der Waals surface area contributed by atoms with Crippen LogP contribution in [0.1, 0.15) is 64.5 Å². The summed E-state index contributed by atoms with van der Waals surface area (Å²) >= 11 is 0. The highest BCUT2D eigenvalue weighted by molar-refractivity contribution is 6.08. The molecular formula is C23H33N3O5. The minimum absolute atomic E-state index is 0.000630. The Bertz CT molecular complexity index is 828. The molecule has 0 aliphatic carbocycles. The summed E-state index contributed by atoms with van der Waals surface area (Å²) in [5.41, 5.74) is 0.328. The van der Waals surface area contributed by atoms with Crippen LogP contribution in [0.4, 0.5) is 5.69 Å². The first-order chi connectivity index (χ1) is 14.8. The molecule has 170 valence electrons. The Morgan fingerprint density at radius 3 is 2.32 bits per heavy atom. The van der Waals surface area contributed by atoms with E-state index in [-0.39, 0.29) is 11.3 Å². The van der Waals surface area contributed by atoms with E-state index in [1.807, 2.05) is 0 Å². The molecule has 0 bridgehead atoms. The monoisotopic (exact) mass is 431 g/mol. The normalized spacial score (nSPS) is 16.5. The number of aliphatic hydroxyl groups is 1. The van der Waals surface area contributed by atoms with E-state index in [4.69, 9.17) is 0 Å². The first-order valence-corrected chi connectivity index (χ1v) is 11.0. The van der Waals surface area contributed by atoms with Gasteiger partial charge in [-0.2, -0.15) is 0 Å². The molecule has 0 unspecified atom stereocenters. The smallest absolute Gasteiger partial charge is 0.290 e. The number of amides is 1. The number of rotatable bonds is 13. The van der Waals surface area contributed by atoms with E-state index >= 15 is 0 Å². The largest absolute Gasteiger partial charge is 0.503 e. The Morgan fingerprint density at radius 2 is 1.77 bits per heavy atom.